The molecule has 0 N–H and O–H groups in total. The SMILES string of the molecule is CCN(c1ccc(C)cc1)c1ccc(C(C)=O)c(Cl)c1. The summed E-state index contributed by atoms with van der Waals surface area (Å²) < 4.78 is 0. The van der Waals surface area contributed by atoms with Crippen LogP contribution in [0.2, 0.25) is 5.02 Å². The van der Waals surface area contributed by atoms with Gasteiger partial charge in [0.2, 0.25) is 0 Å². The van der Waals surface area contributed by atoms with E-state index in [9.17, 15) is 4.79 Å². The van der Waals surface area contributed by atoms with Crippen LogP contribution >= 0.6 is 11.6 Å². The number of nitrogens with zero attached hydrogens (tertiary/aromatic N) is 1. The van der Waals surface area contributed by atoms with E-state index >= 15 is 0 Å². The van der Waals surface area contributed by atoms with Crippen LogP contribution < -0.4 is 4.90 Å². The molecule has 0 amide bonds. The van der Waals surface area contributed by atoms with Gasteiger partial charge in [0.25, 0.3) is 0 Å². The lowest BCUT2D eigenvalue weighted by Crippen LogP contribution is -2.16. The molecule has 104 valence electrons. The molecule has 0 aliphatic rings. The van der Waals surface area contributed by atoms with Gasteiger partial charge in [-0.25, -0.2) is 0 Å². The van der Waals surface area contributed by atoms with E-state index in [-0.39, 0.29) is 5.78 Å². The Kier molecular flexibility index (Phi) is 4.46. The number of halogens is 1. The number of hydrogen-bond acceptors (Lipinski definition) is 2. The lowest BCUT2D eigenvalue weighted by atomic mass is 10.1. The minimum absolute atomic E-state index is 0.0139. The molecule has 2 aromatic carbocycles. The number of anilines is 2. The van der Waals surface area contributed by atoms with E-state index < -0.39 is 0 Å². The number of rotatable bonds is 4. The fourth-order valence-corrected chi connectivity index (χ4v) is 2.50. The molecule has 0 unspecified atom stereocenters. The Labute approximate surface area is 125 Å². The highest BCUT2D eigenvalue weighted by Gasteiger charge is 2.11. The summed E-state index contributed by atoms with van der Waals surface area (Å²) in [6.07, 6.45) is 0. The van der Waals surface area contributed by atoms with Gasteiger partial charge in [-0.05, 0) is 51.1 Å². The van der Waals surface area contributed by atoms with Gasteiger partial charge >= 0.3 is 0 Å². The standard InChI is InChI=1S/C17H18ClNO/c1-4-19(14-7-5-12(2)6-8-14)15-9-10-16(13(3)20)17(18)11-15/h5-11H,4H2,1-3H3. The molecule has 0 saturated heterocycles. The monoisotopic (exact) mass is 287 g/mol. The molecule has 2 rings (SSSR count). The number of carbonyl (C=O) groups excluding carboxylic acids is 1. The second-order valence-corrected chi connectivity index (χ2v) is 5.21. The Hall–Kier alpha value is -1.80. The normalized spacial score (nSPS) is 10.4. The van der Waals surface area contributed by atoms with Gasteiger partial charge in [-0.2, -0.15) is 0 Å². The van der Waals surface area contributed by atoms with Crippen molar-refractivity contribution in [3.05, 3.63) is 58.6 Å². The van der Waals surface area contributed by atoms with Crippen LogP contribution in [-0.4, -0.2) is 12.3 Å². The third-order valence-electron chi connectivity index (χ3n) is 3.31. The van der Waals surface area contributed by atoms with Crippen molar-refractivity contribution in [1.29, 1.82) is 0 Å². The largest absolute Gasteiger partial charge is 0.342 e. The summed E-state index contributed by atoms with van der Waals surface area (Å²) in [4.78, 5) is 13.6. The second kappa shape index (κ2) is 6.10. The number of Topliss-reactive ketones (excluding diaryl/α,β-unsaturated/α-hetero) is 1. The van der Waals surface area contributed by atoms with Crippen LogP contribution in [0.3, 0.4) is 0 Å². The van der Waals surface area contributed by atoms with Crippen LogP contribution in [0.5, 0.6) is 0 Å². The van der Waals surface area contributed by atoms with Gasteiger partial charge in [-0.15, -0.1) is 0 Å². The smallest absolute Gasteiger partial charge is 0.161 e. The molecule has 0 aliphatic heterocycles. The highest BCUT2D eigenvalue weighted by molar-refractivity contribution is 6.34. The van der Waals surface area contributed by atoms with Gasteiger partial charge in [0.05, 0.1) is 5.02 Å². The van der Waals surface area contributed by atoms with Gasteiger partial charge in [0.15, 0.2) is 5.78 Å². The van der Waals surface area contributed by atoms with Crippen LogP contribution in [0.25, 0.3) is 0 Å². The van der Waals surface area contributed by atoms with Crippen molar-refractivity contribution in [2.75, 3.05) is 11.4 Å². The number of benzene rings is 2. The van der Waals surface area contributed by atoms with E-state index in [2.05, 4.69) is 43.0 Å². The van der Waals surface area contributed by atoms with E-state index in [1.54, 1.807) is 6.07 Å². The number of aryl methyl sites for hydroxylation is 1. The third kappa shape index (κ3) is 3.02. The van der Waals surface area contributed by atoms with Crippen molar-refractivity contribution in [2.45, 2.75) is 20.8 Å². The topological polar surface area (TPSA) is 20.3 Å². The molecule has 0 radical (unpaired) electrons. The van der Waals surface area contributed by atoms with Crippen molar-refractivity contribution >= 4 is 28.8 Å². The summed E-state index contributed by atoms with van der Waals surface area (Å²) in [5.74, 6) is -0.0139. The average Bonchev–Trinajstić information content (AvgIpc) is 2.41. The molecule has 0 bridgehead atoms. The molecular weight excluding hydrogens is 270 g/mol. The molecule has 0 aliphatic carbocycles. The van der Waals surface area contributed by atoms with Gasteiger partial charge in [-0.3, -0.25) is 4.79 Å². The van der Waals surface area contributed by atoms with E-state index in [1.165, 1.54) is 12.5 Å². The van der Waals surface area contributed by atoms with Crippen molar-refractivity contribution in [1.82, 2.24) is 0 Å². The summed E-state index contributed by atoms with van der Waals surface area (Å²) in [5.41, 5.74) is 3.90. The summed E-state index contributed by atoms with van der Waals surface area (Å²) in [7, 11) is 0. The highest BCUT2D eigenvalue weighted by Crippen LogP contribution is 2.29. The maximum atomic E-state index is 11.4. The van der Waals surface area contributed by atoms with Crippen LogP contribution in [0, 0.1) is 6.92 Å². The number of ketones is 1. The predicted molar refractivity (Wildman–Crippen MR) is 85.3 cm³/mol. The number of hydrogen-bond donors (Lipinski definition) is 0. The third-order valence-corrected chi connectivity index (χ3v) is 3.62. The molecule has 2 aromatic rings. The number of carbonyl (C=O) groups is 1. The van der Waals surface area contributed by atoms with Crippen LogP contribution in [-0.2, 0) is 0 Å². The molecule has 20 heavy (non-hydrogen) atoms. The Balaban J connectivity index is 2.39. The molecule has 0 aromatic heterocycles. The van der Waals surface area contributed by atoms with Crippen LogP contribution in [0.1, 0.15) is 29.8 Å². The first-order chi connectivity index (χ1) is 9.52. The molecule has 3 heteroatoms. The molecule has 0 atom stereocenters. The van der Waals surface area contributed by atoms with Crippen LogP contribution in [0.15, 0.2) is 42.5 Å². The van der Waals surface area contributed by atoms with Gasteiger partial charge in [0.1, 0.15) is 0 Å². The fraction of sp³-hybridized carbons (Fsp3) is 0.235. The van der Waals surface area contributed by atoms with E-state index in [4.69, 9.17) is 11.6 Å². The van der Waals surface area contributed by atoms with Crippen molar-refractivity contribution in [3.8, 4) is 0 Å². The van der Waals surface area contributed by atoms with Crippen molar-refractivity contribution < 1.29 is 4.79 Å². The molecule has 0 fully saturated rings. The van der Waals surface area contributed by atoms with Crippen molar-refractivity contribution in [3.63, 3.8) is 0 Å². The first-order valence-corrected chi connectivity index (χ1v) is 7.05. The minimum Gasteiger partial charge on any atom is -0.342 e. The van der Waals surface area contributed by atoms with E-state index in [0.29, 0.717) is 10.6 Å². The molecular formula is C17H18ClNO. The van der Waals surface area contributed by atoms with Crippen LogP contribution in [0.4, 0.5) is 11.4 Å². The quantitative estimate of drug-likeness (QED) is 0.737. The summed E-state index contributed by atoms with van der Waals surface area (Å²) >= 11 is 6.19. The zero-order valence-corrected chi connectivity index (χ0v) is 12.7. The van der Waals surface area contributed by atoms with Gasteiger partial charge in [-0.1, -0.05) is 29.3 Å². The zero-order valence-electron chi connectivity index (χ0n) is 12.0. The molecule has 2 nitrogen and oxygen atoms in total. The molecule has 0 spiro atoms. The highest BCUT2D eigenvalue weighted by atomic mass is 35.5. The first-order valence-electron chi connectivity index (χ1n) is 6.67. The lowest BCUT2D eigenvalue weighted by Gasteiger charge is -2.24. The second-order valence-electron chi connectivity index (χ2n) is 4.80. The van der Waals surface area contributed by atoms with Crippen molar-refractivity contribution in [2.24, 2.45) is 0 Å². The molecule has 0 saturated carbocycles. The van der Waals surface area contributed by atoms with E-state index in [1.807, 2.05) is 12.1 Å². The predicted octanol–water partition coefficient (Wildman–Crippen LogP) is 5.01. The Morgan fingerprint density at radius 3 is 2.20 bits per heavy atom. The maximum Gasteiger partial charge on any atom is 0.161 e. The van der Waals surface area contributed by atoms with Gasteiger partial charge < -0.3 is 4.90 Å². The Morgan fingerprint density at radius 1 is 1.10 bits per heavy atom. The summed E-state index contributed by atoms with van der Waals surface area (Å²) in [6.45, 7) is 6.52. The average molecular weight is 288 g/mol. The van der Waals surface area contributed by atoms with E-state index in [0.717, 1.165) is 17.9 Å². The Bertz CT molecular complexity index is 619. The fourth-order valence-electron chi connectivity index (χ4n) is 2.20. The Morgan fingerprint density at radius 2 is 1.70 bits per heavy atom. The van der Waals surface area contributed by atoms with Gasteiger partial charge in [0, 0.05) is 23.5 Å². The minimum atomic E-state index is -0.0139. The first kappa shape index (κ1) is 14.6. The molecule has 0 heterocycles. The zero-order chi connectivity index (χ0) is 14.7. The summed E-state index contributed by atoms with van der Waals surface area (Å²) in [6, 6.07) is 13.9. The lowest BCUT2D eigenvalue weighted by molar-refractivity contribution is 0.101. The summed E-state index contributed by atoms with van der Waals surface area (Å²) in [5, 5.41) is 0.501. The maximum absolute atomic E-state index is 11.4.